The van der Waals surface area contributed by atoms with Gasteiger partial charge in [-0.25, -0.2) is 4.39 Å². The smallest absolute Gasteiger partial charge is 0.191 e. The standard InChI is InChI=1S/C15H22FN3S.HI/c1-3-10-20-11-9-19-15(17-2)18-8-7-13-5-4-6-14(16)12-13;/h3-6,12H,1,7-11H2,2H3,(H2,17,18,19);1H. The summed E-state index contributed by atoms with van der Waals surface area (Å²) in [5, 5.41) is 6.45. The van der Waals surface area contributed by atoms with E-state index >= 15 is 0 Å². The predicted octanol–water partition coefficient (Wildman–Crippen LogP) is 3.07. The number of halogens is 2. The zero-order chi connectivity index (χ0) is 14.6. The summed E-state index contributed by atoms with van der Waals surface area (Å²) < 4.78 is 13.0. The number of nitrogens with one attached hydrogen (secondary N) is 2. The van der Waals surface area contributed by atoms with Crippen LogP contribution in [0.2, 0.25) is 0 Å². The van der Waals surface area contributed by atoms with E-state index < -0.39 is 0 Å². The van der Waals surface area contributed by atoms with Crippen molar-refractivity contribution in [2.24, 2.45) is 4.99 Å². The summed E-state index contributed by atoms with van der Waals surface area (Å²) >= 11 is 1.82. The van der Waals surface area contributed by atoms with Crippen LogP contribution in [-0.4, -0.2) is 37.6 Å². The molecule has 6 heteroatoms. The van der Waals surface area contributed by atoms with Gasteiger partial charge in [0.2, 0.25) is 0 Å². The predicted molar refractivity (Wildman–Crippen MR) is 102 cm³/mol. The third-order valence-corrected chi connectivity index (χ3v) is 3.56. The monoisotopic (exact) mass is 423 g/mol. The Balaban J connectivity index is 0.00000400. The molecule has 2 N–H and O–H groups in total. The molecule has 1 aromatic carbocycles. The Morgan fingerprint density at radius 1 is 1.38 bits per heavy atom. The van der Waals surface area contributed by atoms with E-state index in [4.69, 9.17) is 0 Å². The second-order valence-corrected chi connectivity index (χ2v) is 5.32. The fraction of sp³-hybridized carbons (Fsp3) is 0.400. The van der Waals surface area contributed by atoms with E-state index in [-0.39, 0.29) is 29.8 Å². The molecular weight excluding hydrogens is 400 g/mol. The first-order valence-corrected chi connectivity index (χ1v) is 7.79. The molecular formula is C15H23FIN3S. The van der Waals surface area contributed by atoms with Gasteiger partial charge in [-0.2, -0.15) is 11.8 Å². The molecule has 118 valence electrons. The molecule has 0 bridgehead atoms. The van der Waals surface area contributed by atoms with Gasteiger partial charge >= 0.3 is 0 Å². The van der Waals surface area contributed by atoms with Crippen LogP contribution in [0.3, 0.4) is 0 Å². The van der Waals surface area contributed by atoms with Crippen molar-refractivity contribution >= 4 is 41.7 Å². The molecule has 0 aliphatic heterocycles. The second kappa shape index (κ2) is 12.9. The summed E-state index contributed by atoms with van der Waals surface area (Å²) in [7, 11) is 1.74. The number of aliphatic imine (C=N–C) groups is 1. The minimum atomic E-state index is -0.191. The fourth-order valence-electron chi connectivity index (χ4n) is 1.65. The number of rotatable bonds is 8. The highest BCUT2D eigenvalue weighted by molar-refractivity contribution is 14.0. The molecule has 0 aromatic heterocycles. The Labute approximate surface area is 147 Å². The Morgan fingerprint density at radius 3 is 2.81 bits per heavy atom. The average molecular weight is 423 g/mol. The van der Waals surface area contributed by atoms with Crippen molar-refractivity contribution in [2.45, 2.75) is 6.42 Å². The van der Waals surface area contributed by atoms with Crippen LogP contribution >= 0.6 is 35.7 Å². The maximum atomic E-state index is 13.0. The number of hydrogen-bond donors (Lipinski definition) is 2. The Kier molecular flexibility index (Phi) is 12.5. The van der Waals surface area contributed by atoms with Crippen LogP contribution in [0.15, 0.2) is 41.9 Å². The molecule has 0 unspecified atom stereocenters. The van der Waals surface area contributed by atoms with Crippen molar-refractivity contribution in [3.8, 4) is 0 Å². The third-order valence-electron chi connectivity index (χ3n) is 2.59. The highest BCUT2D eigenvalue weighted by atomic mass is 127. The first-order chi connectivity index (χ1) is 9.76. The molecule has 0 saturated carbocycles. The van der Waals surface area contributed by atoms with E-state index in [0.717, 1.165) is 42.5 Å². The molecule has 3 nitrogen and oxygen atoms in total. The van der Waals surface area contributed by atoms with Crippen LogP contribution in [0.4, 0.5) is 4.39 Å². The topological polar surface area (TPSA) is 36.4 Å². The van der Waals surface area contributed by atoms with Gasteiger partial charge in [0.15, 0.2) is 5.96 Å². The normalized spacial score (nSPS) is 10.7. The number of nitrogens with zero attached hydrogens (tertiary/aromatic N) is 1. The van der Waals surface area contributed by atoms with Crippen LogP contribution in [0.5, 0.6) is 0 Å². The van der Waals surface area contributed by atoms with E-state index in [1.807, 2.05) is 23.9 Å². The van der Waals surface area contributed by atoms with Gasteiger partial charge in [-0.1, -0.05) is 18.2 Å². The van der Waals surface area contributed by atoms with Gasteiger partial charge in [0.1, 0.15) is 5.82 Å². The lowest BCUT2D eigenvalue weighted by Gasteiger charge is -2.11. The summed E-state index contributed by atoms with van der Waals surface area (Å²) in [5.74, 6) is 2.56. The van der Waals surface area contributed by atoms with Crippen molar-refractivity contribution in [3.05, 3.63) is 48.3 Å². The maximum absolute atomic E-state index is 13.0. The summed E-state index contributed by atoms with van der Waals surface area (Å²) in [6, 6.07) is 6.67. The molecule has 0 fully saturated rings. The van der Waals surface area contributed by atoms with Crippen LogP contribution < -0.4 is 10.6 Å². The van der Waals surface area contributed by atoms with Crippen molar-refractivity contribution in [1.82, 2.24) is 10.6 Å². The van der Waals surface area contributed by atoms with E-state index in [1.54, 1.807) is 19.2 Å². The molecule has 21 heavy (non-hydrogen) atoms. The van der Waals surface area contributed by atoms with E-state index in [9.17, 15) is 4.39 Å². The molecule has 0 radical (unpaired) electrons. The van der Waals surface area contributed by atoms with Crippen molar-refractivity contribution in [1.29, 1.82) is 0 Å². The Bertz CT molecular complexity index is 441. The first-order valence-electron chi connectivity index (χ1n) is 6.64. The molecule has 0 amide bonds. The van der Waals surface area contributed by atoms with Gasteiger partial charge in [-0.3, -0.25) is 4.99 Å². The van der Waals surface area contributed by atoms with Gasteiger partial charge in [-0.05, 0) is 24.1 Å². The summed E-state index contributed by atoms with van der Waals surface area (Å²) in [5.41, 5.74) is 0.981. The lowest BCUT2D eigenvalue weighted by atomic mass is 10.1. The fourth-order valence-corrected chi connectivity index (χ4v) is 2.23. The zero-order valence-electron chi connectivity index (χ0n) is 12.3. The molecule has 0 atom stereocenters. The Morgan fingerprint density at radius 2 is 2.14 bits per heavy atom. The van der Waals surface area contributed by atoms with Crippen molar-refractivity contribution < 1.29 is 4.39 Å². The summed E-state index contributed by atoms with van der Waals surface area (Å²) in [6.07, 6.45) is 2.67. The van der Waals surface area contributed by atoms with Crippen LogP contribution in [0.1, 0.15) is 5.56 Å². The van der Waals surface area contributed by atoms with E-state index in [1.165, 1.54) is 6.07 Å². The SMILES string of the molecule is C=CCSCCNC(=NC)NCCc1cccc(F)c1.I. The quantitative estimate of drug-likeness (QED) is 0.222. The number of hydrogen-bond acceptors (Lipinski definition) is 2. The number of thioether (sulfide) groups is 1. The van der Waals surface area contributed by atoms with Gasteiger partial charge in [0.05, 0.1) is 0 Å². The summed E-state index contributed by atoms with van der Waals surface area (Å²) in [4.78, 5) is 4.15. The van der Waals surface area contributed by atoms with Crippen LogP contribution in [0, 0.1) is 5.82 Å². The number of benzene rings is 1. The van der Waals surface area contributed by atoms with Crippen LogP contribution in [-0.2, 0) is 6.42 Å². The lowest BCUT2D eigenvalue weighted by Crippen LogP contribution is -2.39. The molecule has 0 heterocycles. The van der Waals surface area contributed by atoms with E-state index in [2.05, 4.69) is 22.2 Å². The van der Waals surface area contributed by atoms with Gasteiger partial charge in [0, 0.05) is 31.6 Å². The van der Waals surface area contributed by atoms with Gasteiger partial charge in [0.25, 0.3) is 0 Å². The third kappa shape index (κ3) is 9.73. The molecule has 0 saturated heterocycles. The minimum Gasteiger partial charge on any atom is -0.356 e. The zero-order valence-corrected chi connectivity index (χ0v) is 15.4. The second-order valence-electron chi connectivity index (χ2n) is 4.17. The average Bonchev–Trinajstić information content (AvgIpc) is 2.45. The highest BCUT2D eigenvalue weighted by Gasteiger charge is 1.98. The molecule has 0 aliphatic carbocycles. The highest BCUT2D eigenvalue weighted by Crippen LogP contribution is 2.03. The largest absolute Gasteiger partial charge is 0.356 e. The first kappa shape index (κ1) is 20.2. The Hall–Kier alpha value is -0.760. The summed E-state index contributed by atoms with van der Waals surface area (Å²) in [6.45, 7) is 5.27. The molecule has 1 aromatic rings. The minimum absolute atomic E-state index is 0. The lowest BCUT2D eigenvalue weighted by molar-refractivity contribution is 0.625. The number of guanidine groups is 1. The molecule has 0 spiro atoms. The molecule has 0 aliphatic rings. The van der Waals surface area contributed by atoms with Crippen molar-refractivity contribution in [3.63, 3.8) is 0 Å². The molecule has 1 rings (SSSR count). The maximum Gasteiger partial charge on any atom is 0.191 e. The van der Waals surface area contributed by atoms with Crippen molar-refractivity contribution in [2.75, 3.05) is 31.6 Å². The van der Waals surface area contributed by atoms with Gasteiger partial charge < -0.3 is 10.6 Å². The van der Waals surface area contributed by atoms with Gasteiger partial charge in [-0.15, -0.1) is 30.6 Å². The van der Waals surface area contributed by atoms with E-state index in [0.29, 0.717) is 0 Å². The van der Waals surface area contributed by atoms with Crippen LogP contribution in [0.25, 0.3) is 0 Å².